The highest BCUT2D eigenvalue weighted by Crippen LogP contribution is 2.20. The van der Waals surface area contributed by atoms with Crippen LogP contribution in [0.5, 0.6) is 0 Å². The third kappa shape index (κ3) is 5.66. The van der Waals surface area contributed by atoms with Crippen molar-refractivity contribution >= 4 is 6.09 Å². The van der Waals surface area contributed by atoms with E-state index in [2.05, 4.69) is 10.2 Å². The van der Waals surface area contributed by atoms with Gasteiger partial charge in [0.25, 0.3) is 0 Å². The van der Waals surface area contributed by atoms with Gasteiger partial charge >= 0.3 is 6.09 Å². The molecule has 22 heavy (non-hydrogen) atoms. The minimum atomic E-state index is -0.380. The zero-order chi connectivity index (χ0) is 16.0. The van der Waals surface area contributed by atoms with Gasteiger partial charge in [0, 0.05) is 25.2 Å². The number of hydrogen-bond donors (Lipinski definition) is 1. The summed E-state index contributed by atoms with van der Waals surface area (Å²) >= 11 is 0. The van der Waals surface area contributed by atoms with E-state index < -0.39 is 0 Å². The van der Waals surface area contributed by atoms with Gasteiger partial charge in [0.05, 0.1) is 13.2 Å². The average Bonchev–Trinajstić information content (AvgIpc) is 2.47. The van der Waals surface area contributed by atoms with Crippen LogP contribution in [-0.4, -0.2) is 49.4 Å². The Labute approximate surface area is 132 Å². The number of amides is 1. The van der Waals surface area contributed by atoms with E-state index in [-0.39, 0.29) is 17.7 Å². The highest BCUT2D eigenvalue weighted by Gasteiger charge is 2.23. The van der Waals surface area contributed by atoms with Crippen molar-refractivity contribution in [3.8, 4) is 0 Å². The molecule has 1 aromatic carbocycles. The fourth-order valence-corrected chi connectivity index (χ4v) is 2.36. The van der Waals surface area contributed by atoms with Crippen LogP contribution in [0.25, 0.3) is 0 Å². The zero-order valence-corrected chi connectivity index (χ0v) is 13.7. The molecule has 0 spiro atoms. The van der Waals surface area contributed by atoms with Gasteiger partial charge < -0.3 is 14.8 Å². The van der Waals surface area contributed by atoms with Crippen LogP contribution < -0.4 is 5.32 Å². The van der Waals surface area contributed by atoms with Gasteiger partial charge in [-0.15, -0.1) is 0 Å². The fraction of sp³-hybridized carbons (Fsp3) is 0.588. The second-order valence-electron chi connectivity index (χ2n) is 6.59. The molecule has 5 heteroatoms. The summed E-state index contributed by atoms with van der Waals surface area (Å²) in [5.41, 5.74) is 0.704. The lowest BCUT2D eigenvalue weighted by Crippen LogP contribution is -2.43. The Morgan fingerprint density at radius 2 is 1.91 bits per heavy atom. The SMILES string of the molecule is CC(C)(C)NC(=O)O[C@H](CN1CCOCC1)c1ccccc1. The molecule has 1 atom stereocenters. The summed E-state index contributed by atoms with van der Waals surface area (Å²) in [6.07, 6.45) is -0.656. The van der Waals surface area contributed by atoms with Gasteiger partial charge in [-0.25, -0.2) is 4.79 Å². The first-order chi connectivity index (χ1) is 10.4. The highest BCUT2D eigenvalue weighted by atomic mass is 16.6. The quantitative estimate of drug-likeness (QED) is 0.929. The molecule has 1 saturated heterocycles. The first-order valence-electron chi connectivity index (χ1n) is 7.78. The second kappa shape index (κ2) is 7.61. The topological polar surface area (TPSA) is 50.8 Å². The summed E-state index contributed by atoms with van der Waals surface area (Å²) in [5.74, 6) is 0. The zero-order valence-electron chi connectivity index (χ0n) is 13.7. The summed E-state index contributed by atoms with van der Waals surface area (Å²) in [4.78, 5) is 14.4. The number of alkyl carbamates (subject to hydrolysis) is 1. The Hall–Kier alpha value is -1.59. The van der Waals surface area contributed by atoms with E-state index in [0.717, 1.165) is 31.9 Å². The lowest BCUT2D eigenvalue weighted by atomic mass is 10.1. The van der Waals surface area contributed by atoms with Crippen molar-refractivity contribution in [3.05, 3.63) is 35.9 Å². The second-order valence-corrected chi connectivity index (χ2v) is 6.59. The fourth-order valence-electron chi connectivity index (χ4n) is 2.36. The smallest absolute Gasteiger partial charge is 0.408 e. The molecule has 0 radical (unpaired) electrons. The molecule has 0 aliphatic carbocycles. The molecule has 2 rings (SSSR count). The Morgan fingerprint density at radius 3 is 2.50 bits per heavy atom. The van der Waals surface area contributed by atoms with Gasteiger partial charge in [-0.1, -0.05) is 30.3 Å². The van der Waals surface area contributed by atoms with Crippen molar-refractivity contribution < 1.29 is 14.3 Å². The Bertz CT molecular complexity index is 465. The van der Waals surface area contributed by atoms with Crippen molar-refractivity contribution in [3.63, 3.8) is 0 Å². The molecule has 1 heterocycles. The summed E-state index contributed by atoms with van der Waals surface area (Å²) < 4.78 is 11.1. The Kier molecular flexibility index (Phi) is 5.80. The first kappa shape index (κ1) is 16.8. The van der Waals surface area contributed by atoms with Crippen LogP contribution in [0.2, 0.25) is 0 Å². The monoisotopic (exact) mass is 306 g/mol. The summed E-state index contributed by atoms with van der Waals surface area (Å²) in [6.45, 7) is 9.70. The maximum absolute atomic E-state index is 12.1. The van der Waals surface area contributed by atoms with E-state index in [0.29, 0.717) is 6.54 Å². The van der Waals surface area contributed by atoms with E-state index in [1.54, 1.807) is 0 Å². The summed E-state index contributed by atoms with van der Waals surface area (Å²) in [7, 11) is 0. The minimum Gasteiger partial charge on any atom is -0.440 e. The van der Waals surface area contributed by atoms with Crippen LogP contribution in [0.15, 0.2) is 30.3 Å². The van der Waals surface area contributed by atoms with Gasteiger partial charge in [-0.3, -0.25) is 4.90 Å². The third-order valence-corrected chi connectivity index (χ3v) is 3.43. The molecule has 1 aliphatic rings. The standard InChI is InChI=1S/C17H26N2O3/c1-17(2,3)18-16(20)22-15(14-7-5-4-6-8-14)13-19-9-11-21-12-10-19/h4-8,15H,9-13H2,1-3H3,(H,18,20)/t15-/m1/s1. The molecule has 0 bridgehead atoms. The molecule has 1 aliphatic heterocycles. The molecule has 5 nitrogen and oxygen atoms in total. The highest BCUT2D eigenvalue weighted by molar-refractivity contribution is 5.68. The van der Waals surface area contributed by atoms with Crippen LogP contribution in [0.4, 0.5) is 4.79 Å². The average molecular weight is 306 g/mol. The largest absolute Gasteiger partial charge is 0.440 e. The number of benzene rings is 1. The number of nitrogens with zero attached hydrogens (tertiary/aromatic N) is 1. The van der Waals surface area contributed by atoms with Crippen LogP contribution in [0.3, 0.4) is 0 Å². The molecule has 1 N–H and O–H groups in total. The van der Waals surface area contributed by atoms with Gasteiger partial charge in [-0.05, 0) is 26.3 Å². The maximum atomic E-state index is 12.1. The number of ether oxygens (including phenoxy) is 2. The van der Waals surface area contributed by atoms with Crippen molar-refractivity contribution in [1.82, 2.24) is 10.2 Å². The van der Waals surface area contributed by atoms with E-state index >= 15 is 0 Å². The number of hydrogen-bond acceptors (Lipinski definition) is 4. The van der Waals surface area contributed by atoms with E-state index in [9.17, 15) is 4.79 Å². The number of nitrogens with one attached hydrogen (secondary N) is 1. The molecule has 0 saturated carbocycles. The van der Waals surface area contributed by atoms with Crippen LogP contribution in [-0.2, 0) is 9.47 Å². The molecule has 0 unspecified atom stereocenters. The van der Waals surface area contributed by atoms with Gasteiger partial charge in [-0.2, -0.15) is 0 Å². The van der Waals surface area contributed by atoms with Crippen molar-refractivity contribution in [2.24, 2.45) is 0 Å². The maximum Gasteiger partial charge on any atom is 0.408 e. The minimum absolute atomic E-state index is 0.276. The van der Waals surface area contributed by atoms with Gasteiger partial charge in [0.15, 0.2) is 0 Å². The van der Waals surface area contributed by atoms with Crippen LogP contribution in [0.1, 0.15) is 32.4 Å². The molecule has 1 amide bonds. The lowest BCUT2D eigenvalue weighted by molar-refractivity contribution is 0.00733. The normalized spacial score (nSPS) is 17.8. The molecule has 1 aromatic rings. The molecular formula is C17H26N2O3. The first-order valence-corrected chi connectivity index (χ1v) is 7.78. The van der Waals surface area contributed by atoms with Gasteiger partial charge in [0.1, 0.15) is 6.10 Å². The molecule has 122 valence electrons. The molecule has 1 fully saturated rings. The summed E-state index contributed by atoms with van der Waals surface area (Å²) in [5, 5.41) is 2.85. The van der Waals surface area contributed by atoms with Gasteiger partial charge in [0.2, 0.25) is 0 Å². The Balaban J connectivity index is 2.03. The van der Waals surface area contributed by atoms with Crippen molar-refractivity contribution in [2.45, 2.75) is 32.4 Å². The van der Waals surface area contributed by atoms with E-state index in [4.69, 9.17) is 9.47 Å². The number of carbonyl (C=O) groups is 1. The third-order valence-electron chi connectivity index (χ3n) is 3.43. The van der Waals surface area contributed by atoms with E-state index in [1.807, 2.05) is 51.1 Å². The lowest BCUT2D eigenvalue weighted by Gasteiger charge is -2.31. The molecule has 0 aromatic heterocycles. The predicted molar refractivity (Wildman–Crippen MR) is 85.8 cm³/mol. The Morgan fingerprint density at radius 1 is 1.27 bits per heavy atom. The number of morpholine rings is 1. The summed E-state index contributed by atoms with van der Waals surface area (Å²) in [6, 6.07) is 9.88. The van der Waals surface area contributed by atoms with Crippen molar-refractivity contribution in [1.29, 1.82) is 0 Å². The number of carbonyl (C=O) groups excluding carboxylic acids is 1. The number of rotatable bonds is 4. The van der Waals surface area contributed by atoms with E-state index in [1.165, 1.54) is 0 Å². The molecular weight excluding hydrogens is 280 g/mol. The van der Waals surface area contributed by atoms with Crippen LogP contribution in [0, 0.1) is 0 Å². The van der Waals surface area contributed by atoms with Crippen molar-refractivity contribution in [2.75, 3.05) is 32.8 Å². The predicted octanol–water partition coefficient (Wildman–Crippen LogP) is 2.58. The van der Waals surface area contributed by atoms with Crippen LogP contribution >= 0.6 is 0 Å².